The highest BCUT2D eigenvalue weighted by molar-refractivity contribution is 6.25. The molecule has 16 nitrogen and oxygen atoms in total. The Morgan fingerprint density at radius 3 is 2.45 bits per heavy atom. The fourth-order valence-corrected chi connectivity index (χ4v) is 9.87. The Balaban J connectivity index is 0.774. The third-order valence-electron chi connectivity index (χ3n) is 13.2. The minimum absolute atomic E-state index is 0.0165. The van der Waals surface area contributed by atoms with Gasteiger partial charge in [0.05, 0.1) is 47.2 Å². The third-order valence-corrected chi connectivity index (χ3v) is 13.2. The maximum absolute atomic E-state index is 14.3. The minimum Gasteiger partial charge on any atom is -0.382 e. The van der Waals surface area contributed by atoms with Crippen molar-refractivity contribution in [2.24, 2.45) is 5.92 Å². The number of morpholine rings is 1. The second-order valence-corrected chi connectivity index (χ2v) is 17.1. The van der Waals surface area contributed by atoms with Gasteiger partial charge in [-0.05, 0) is 101 Å². The van der Waals surface area contributed by atoms with Crippen LogP contribution in [0, 0.1) is 5.92 Å². The van der Waals surface area contributed by atoms with Crippen molar-refractivity contribution in [1.82, 2.24) is 34.9 Å². The summed E-state index contributed by atoms with van der Waals surface area (Å²) >= 11 is 0. The van der Waals surface area contributed by atoms with Crippen molar-refractivity contribution in [3.63, 3.8) is 0 Å². The highest BCUT2D eigenvalue weighted by Crippen LogP contribution is 2.38. The molecule has 3 N–H and O–H groups in total. The Morgan fingerprint density at radius 2 is 1.71 bits per heavy atom. The van der Waals surface area contributed by atoms with Gasteiger partial charge in [-0.3, -0.25) is 43.9 Å². The number of alkyl halides is 2. The summed E-state index contributed by atoms with van der Waals surface area (Å²) in [6, 6.07) is 9.74. The minimum atomic E-state index is -2.88. The number of rotatable bonds is 11. The molecule has 5 aliphatic rings. The normalized spacial score (nSPS) is 24.5. The van der Waals surface area contributed by atoms with Gasteiger partial charge in [-0.1, -0.05) is 6.07 Å². The van der Waals surface area contributed by atoms with E-state index in [0.29, 0.717) is 60.8 Å². The number of nitrogens with zero attached hydrogens (tertiary/aromatic N) is 7. The number of anilines is 3. The highest BCUT2D eigenvalue weighted by Gasteiger charge is 2.46. The number of benzene rings is 1. The maximum atomic E-state index is 14.3. The molecule has 18 heteroatoms. The van der Waals surface area contributed by atoms with Crippen LogP contribution in [0.2, 0.25) is 0 Å². The predicted octanol–water partition coefficient (Wildman–Crippen LogP) is 5.34. The molecule has 1 atom stereocenters. The van der Waals surface area contributed by atoms with Gasteiger partial charge in [-0.2, -0.15) is 5.10 Å². The zero-order valence-corrected chi connectivity index (χ0v) is 34.5. The van der Waals surface area contributed by atoms with Gasteiger partial charge in [0, 0.05) is 56.2 Å². The number of carbonyl (C=O) groups is 5. The molecule has 2 aliphatic carbocycles. The average Bonchev–Trinajstić information content (AvgIpc) is 3.82. The van der Waals surface area contributed by atoms with E-state index in [-0.39, 0.29) is 47.3 Å². The van der Waals surface area contributed by atoms with Crippen LogP contribution in [-0.2, 0) is 14.3 Å². The monoisotopic (exact) mass is 852 g/mol. The van der Waals surface area contributed by atoms with Crippen LogP contribution in [0.15, 0.2) is 48.8 Å². The molecule has 4 fully saturated rings. The molecule has 62 heavy (non-hydrogen) atoms. The second-order valence-electron chi connectivity index (χ2n) is 17.1. The summed E-state index contributed by atoms with van der Waals surface area (Å²) in [5.41, 5.74) is 1.78. The van der Waals surface area contributed by atoms with E-state index >= 15 is 0 Å². The van der Waals surface area contributed by atoms with Gasteiger partial charge in [0.2, 0.25) is 11.8 Å². The van der Waals surface area contributed by atoms with Crippen molar-refractivity contribution in [1.29, 1.82) is 0 Å². The molecule has 0 radical (unpaired) electrons. The number of pyridine rings is 2. The molecule has 5 amide bonds. The van der Waals surface area contributed by atoms with E-state index in [0.717, 1.165) is 62.8 Å². The Bertz CT molecular complexity index is 2390. The van der Waals surface area contributed by atoms with Crippen molar-refractivity contribution in [2.75, 3.05) is 55.4 Å². The zero-order valence-electron chi connectivity index (χ0n) is 34.5. The number of halogens is 2. The molecule has 0 spiro atoms. The average molecular weight is 853 g/mol. The fourth-order valence-electron chi connectivity index (χ4n) is 9.87. The molecule has 0 bridgehead atoms. The Morgan fingerprint density at radius 1 is 0.935 bits per heavy atom. The zero-order chi connectivity index (χ0) is 43.1. The molecule has 1 aromatic carbocycles. The number of carbonyl (C=O) groups excluding carboxylic acids is 5. The lowest BCUT2D eigenvalue weighted by atomic mass is 9.84. The van der Waals surface area contributed by atoms with Crippen LogP contribution >= 0.6 is 0 Å². The molecule has 2 saturated carbocycles. The van der Waals surface area contributed by atoms with E-state index in [4.69, 9.17) is 9.72 Å². The Kier molecular flexibility index (Phi) is 11.7. The summed E-state index contributed by atoms with van der Waals surface area (Å²) in [6.45, 7) is 3.41. The van der Waals surface area contributed by atoms with Gasteiger partial charge < -0.3 is 25.2 Å². The predicted molar refractivity (Wildman–Crippen MR) is 224 cm³/mol. The number of aromatic nitrogens is 4. The van der Waals surface area contributed by atoms with Crippen molar-refractivity contribution < 1.29 is 37.5 Å². The number of fused-ring (bicyclic) bond motifs is 2. The van der Waals surface area contributed by atoms with E-state index in [9.17, 15) is 32.8 Å². The first-order chi connectivity index (χ1) is 30.0. The van der Waals surface area contributed by atoms with Crippen LogP contribution < -0.4 is 20.9 Å². The van der Waals surface area contributed by atoms with Crippen molar-refractivity contribution in [2.45, 2.75) is 94.8 Å². The summed E-state index contributed by atoms with van der Waals surface area (Å²) in [5, 5.41) is 12.8. The molecule has 326 valence electrons. The first-order valence-corrected chi connectivity index (χ1v) is 21.6. The molecule has 9 rings (SSSR count). The highest BCUT2D eigenvalue weighted by atomic mass is 19.3. The molecule has 4 aromatic rings. The smallest absolute Gasteiger partial charge is 0.284 e. The van der Waals surface area contributed by atoms with Crippen LogP contribution in [0.1, 0.15) is 113 Å². The Labute approximate surface area is 356 Å². The number of nitrogens with one attached hydrogen (secondary N) is 3. The van der Waals surface area contributed by atoms with Crippen LogP contribution in [0.5, 0.6) is 0 Å². The van der Waals surface area contributed by atoms with Crippen molar-refractivity contribution >= 4 is 57.8 Å². The topological polar surface area (TPSA) is 184 Å². The second kappa shape index (κ2) is 17.5. The molecular formula is C44H50F2N10O6. The fraction of sp³-hybridized carbons (Fsp3) is 0.500. The summed E-state index contributed by atoms with van der Waals surface area (Å²) < 4.78 is 35.8. The number of piperidine rings is 1. The summed E-state index contributed by atoms with van der Waals surface area (Å²) in [5.74, 6) is -1.52. The molecule has 3 aromatic heterocycles. The lowest BCUT2D eigenvalue weighted by molar-refractivity contribution is -0.136. The third kappa shape index (κ3) is 8.24. The lowest BCUT2D eigenvalue weighted by Crippen LogP contribution is -2.54. The molecule has 2 saturated heterocycles. The number of ether oxygens (including phenoxy) is 1. The van der Waals surface area contributed by atoms with Crippen LogP contribution in [0.25, 0.3) is 11.0 Å². The molecule has 1 unspecified atom stereocenters. The first kappa shape index (κ1) is 41.5. The SMILES string of the molecule is CN(CC1CCC(n2cc(NC(=O)c3ccnc4ccc(N5CCOCC5)nc34)c(C(F)F)n2)CC1)[C@H]1CC[C@H](Nc2cccc3c2C(=O)N(C2CCC(=O)NC2=O)C3=O)CC1. The van der Waals surface area contributed by atoms with E-state index in [1.807, 2.05) is 6.07 Å². The van der Waals surface area contributed by atoms with Crippen LogP contribution in [0.4, 0.5) is 26.0 Å². The number of amides is 5. The van der Waals surface area contributed by atoms with Gasteiger partial charge >= 0.3 is 0 Å². The largest absolute Gasteiger partial charge is 0.382 e. The van der Waals surface area contributed by atoms with Gasteiger partial charge in [0.25, 0.3) is 24.1 Å². The van der Waals surface area contributed by atoms with Crippen LogP contribution in [0.3, 0.4) is 0 Å². The summed E-state index contributed by atoms with van der Waals surface area (Å²) in [7, 11) is 2.16. The maximum Gasteiger partial charge on any atom is 0.284 e. The molecule has 6 heterocycles. The number of hydrogen-bond donors (Lipinski definition) is 3. The van der Waals surface area contributed by atoms with E-state index < -0.39 is 47.7 Å². The van der Waals surface area contributed by atoms with E-state index in [1.54, 1.807) is 35.0 Å². The van der Waals surface area contributed by atoms with Crippen molar-refractivity contribution in [3.8, 4) is 0 Å². The van der Waals surface area contributed by atoms with E-state index in [1.165, 1.54) is 12.4 Å². The van der Waals surface area contributed by atoms with Crippen LogP contribution in [-0.4, -0.2) is 117 Å². The molecule has 3 aliphatic heterocycles. The lowest BCUT2D eigenvalue weighted by Gasteiger charge is -2.38. The number of hydrogen-bond acceptors (Lipinski definition) is 12. The summed E-state index contributed by atoms with van der Waals surface area (Å²) in [4.78, 5) is 79.4. The number of imide groups is 2. The molecular weight excluding hydrogens is 803 g/mol. The Hall–Kier alpha value is -5.88. The first-order valence-electron chi connectivity index (χ1n) is 21.6. The summed E-state index contributed by atoms with van der Waals surface area (Å²) in [6.07, 6.45) is 7.37. The standard InChI is InChI=1S/C44H50F2N10O6/c1-53(27-11-7-26(8-12-27)48-31-4-2-3-29-37(31)44(61)56(43(29)60)34-14-16-36(57)51-42(34)59)23-25-5-9-28(10-6-25)55-24-33(39(52-55)40(45)46)49-41(58)30-17-18-47-32-13-15-35(50-38(30)32)54-19-21-62-22-20-54/h2-4,13,15,17-18,24-28,34,40,48H,5-12,14,16,19-23H2,1H3,(H,49,58)(H,51,57,59)/t25?,26-,27-,28?,34?. The quantitative estimate of drug-likeness (QED) is 0.165. The van der Waals surface area contributed by atoms with Gasteiger partial charge in [0.15, 0.2) is 5.69 Å². The van der Waals surface area contributed by atoms with Gasteiger partial charge in [-0.25, -0.2) is 13.8 Å². The van der Waals surface area contributed by atoms with E-state index in [2.05, 4.69) is 42.9 Å². The van der Waals surface area contributed by atoms with Gasteiger partial charge in [-0.15, -0.1) is 0 Å². The van der Waals surface area contributed by atoms with Crippen molar-refractivity contribution in [3.05, 3.63) is 71.2 Å². The van der Waals surface area contributed by atoms with Gasteiger partial charge in [0.1, 0.15) is 17.4 Å².